The standard InChI is InChI=1S/C15H13ClN2O3/c1-9(15(20)21)10-4-2-5-11(8-10)14(19)18-13-12(16)6-3-7-17-13/h2-9H,1H3,(H,20,21)(H,17,18,19)/t9-/m1/s1. The molecular weight excluding hydrogens is 292 g/mol. The smallest absolute Gasteiger partial charge is 0.310 e. The van der Waals surface area contributed by atoms with E-state index in [1.807, 2.05) is 0 Å². The highest BCUT2D eigenvalue weighted by Gasteiger charge is 2.16. The van der Waals surface area contributed by atoms with Crippen molar-refractivity contribution < 1.29 is 14.7 Å². The van der Waals surface area contributed by atoms with E-state index in [0.29, 0.717) is 16.1 Å². The fraction of sp³-hybridized carbons (Fsp3) is 0.133. The number of carboxylic acids is 1. The second kappa shape index (κ2) is 6.37. The third kappa shape index (κ3) is 3.58. The highest BCUT2D eigenvalue weighted by atomic mass is 35.5. The number of nitrogens with zero attached hydrogens (tertiary/aromatic N) is 1. The van der Waals surface area contributed by atoms with Gasteiger partial charge in [0, 0.05) is 11.8 Å². The minimum atomic E-state index is -0.944. The topological polar surface area (TPSA) is 79.3 Å². The van der Waals surface area contributed by atoms with Gasteiger partial charge in [-0.25, -0.2) is 4.98 Å². The van der Waals surface area contributed by atoms with Gasteiger partial charge in [0.1, 0.15) is 0 Å². The molecule has 5 nitrogen and oxygen atoms in total. The van der Waals surface area contributed by atoms with E-state index in [1.54, 1.807) is 43.3 Å². The molecule has 2 rings (SSSR count). The monoisotopic (exact) mass is 304 g/mol. The fourth-order valence-electron chi connectivity index (χ4n) is 1.75. The first-order chi connectivity index (χ1) is 9.99. The number of pyridine rings is 1. The molecule has 0 aliphatic carbocycles. The molecule has 0 saturated carbocycles. The third-order valence-corrected chi connectivity index (χ3v) is 3.31. The van der Waals surface area contributed by atoms with Crippen LogP contribution in [0.25, 0.3) is 0 Å². The summed E-state index contributed by atoms with van der Waals surface area (Å²) in [4.78, 5) is 27.1. The number of carbonyl (C=O) groups is 2. The van der Waals surface area contributed by atoms with Crippen LogP contribution in [0.4, 0.5) is 5.82 Å². The second-order valence-electron chi connectivity index (χ2n) is 4.47. The van der Waals surface area contributed by atoms with Crippen molar-refractivity contribution in [3.05, 3.63) is 58.7 Å². The number of carboxylic acid groups (broad SMARTS) is 1. The molecule has 0 unspecified atom stereocenters. The van der Waals surface area contributed by atoms with Crippen molar-refractivity contribution in [2.45, 2.75) is 12.8 Å². The van der Waals surface area contributed by atoms with Crippen LogP contribution < -0.4 is 5.32 Å². The summed E-state index contributed by atoms with van der Waals surface area (Å²) in [5, 5.41) is 11.9. The lowest BCUT2D eigenvalue weighted by Gasteiger charge is -2.09. The van der Waals surface area contributed by atoms with Crippen LogP contribution >= 0.6 is 11.6 Å². The number of halogens is 1. The lowest BCUT2D eigenvalue weighted by molar-refractivity contribution is -0.138. The summed E-state index contributed by atoms with van der Waals surface area (Å²) in [5.74, 6) is -1.76. The van der Waals surface area contributed by atoms with Gasteiger partial charge in [0.25, 0.3) is 5.91 Å². The molecule has 1 aromatic heterocycles. The Kier molecular flexibility index (Phi) is 4.55. The van der Waals surface area contributed by atoms with Crippen molar-refractivity contribution >= 4 is 29.3 Å². The fourth-order valence-corrected chi connectivity index (χ4v) is 1.92. The predicted octanol–water partition coefficient (Wildman–Crippen LogP) is 3.18. The van der Waals surface area contributed by atoms with Crippen molar-refractivity contribution in [1.82, 2.24) is 4.98 Å². The SMILES string of the molecule is C[C@@H](C(=O)O)c1cccc(C(=O)Nc2ncccc2Cl)c1. The Morgan fingerprint density at radius 1 is 1.29 bits per heavy atom. The van der Waals surface area contributed by atoms with Gasteiger partial charge in [-0.3, -0.25) is 9.59 Å². The molecule has 0 aliphatic rings. The van der Waals surface area contributed by atoms with Crippen LogP contribution in [-0.4, -0.2) is 22.0 Å². The van der Waals surface area contributed by atoms with Crippen LogP contribution in [0.15, 0.2) is 42.6 Å². The van der Waals surface area contributed by atoms with Gasteiger partial charge in [-0.15, -0.1) is 0 Å². The number of hydrogen-bond donors (Lipinski definition) is 2. The molecule has 1 aromatic carbocycles. The van der Waals surface area contributed by atoms with E-state index in [-0.39, 0.29) is 5.82 Å². The molecule has 108 valence electrons. The molecular formula is C15H13ClN2O3. The quantitative estimate of drug-likeness (QED) is 0.909. The van der Waals surface area contributed by atoms with Gasteiger partial charge in [0.15, 0.2) is 5.82 Å². The lowest BCUT2D eigenvalue weighted by Crippen LogP contribution is -2.14. The van der Waals surface area contributed by atoms with Crippen molar-refractivity contribution in [1.29, 1.82) is 0 Å². The Hall–Kier alpha value is -2.40. The molecule has 0 aliphatic heterocycles. The summed E-state index contributed by atoms with van der Waals surface area (Å²) < 4.78 is 0. The maximum absolute atomic E-state index is 12.2. The van der Waals surface area contributed by atoms with Gasteiger partial charge in [0.05, 0.1) is 10.9 Å². The third-order valence-electron chi connectivity index (χ3n) is 3.01. The van der Waals surface area contributed by atoms with E-state index in [4.69, 9.17) is 16.7 Å². The van der Waals surface area contributed by atoms with Crippen LogP contribution in [0.1, 0.15) is 28.8 Å². The first-order valence-corrected chi connectivity index (χ1v) is 6.61. The van der Waals surface area contributed by atoms with Crippen LogP contribution in [0.5, 0.6) is 0 Å². The Labute approximate surface area is 126 Å². The first kappa shape index (κ1) is 15.0. The van der Waals surface area contributed by atoms with E-state index >= 15 is 0 Å². The highest BCUT2D eigenvalue weighted by Crippen LogP contribution is 2.20. The summed E-state index contributed by atoms with van der Waals surface area (Å²) >= 11 is 5.92. The van der Waals surface area contributed by atoms with Crippen molar-refractivity contribution in [3.63, 3.8) is 0 Å². The summed E-state index contributed by atoms with van der Waals surface area (Å²) in [6.45, 7) is 1.56. The Balaban J connectivity index is 2.22. The minimum absolute atomic E-state index is 0.265. The molecule has 1 heterocycles. The van der Waals surface area contributed by atoms with Gasteiger partial charge in [-0.05, 0) is 36.8 Å². The van der Waals surface area contributed by atoms with E-state index in [0.717, 1.165) is 0 Å². The van der Waals surface area contributed by atoms with Crippen LogP contribution in [0.3, 0.4) is 0 Å². The predicted molar refractivity (Wildman–Crippen MR) is 79.7 cm³/mol. The number of amides is 1. The van der Waals surface area contributed by atoms with Crippen LogP contribution in [-0.2, 0) is 4.79 Å². The molecule has 1 atom stereocenters. The summed E-state index contributed by atoms with van der Waals surface area (Å²) in [6.07, 6.45) is 1.52. The van der Waals surface area contributed by atoms with E-state index in [2.05, 4.69) is 10.3 Å². The van der Waals surface area contributed by atoms with Crippen LogP contribution in [0.2, 0.25) is 5.02 Å². The number of carbonyl (C=O) groups excluding carboxylic acids is 1. The zero-order chi connectivity index (χ0) is 15.4. The van der Waals surface area contributed by atoms with Gasteiger partial charge in [0.2, 0.25) is 0 Å². The molecule has 2 aromatic rings. The zero-order valence-corrected chi connectivity index (χ0v) is 12.0. The lowest BCUT2D eigenvalue weighted by atomic mass is 9.99. The molecule has 0 radical (unpaired) electrons. The van der Waals surface area contributed by atoms with Gasteiger partial charge >= 0.3 is 5.97 Å². The zero-order valence-electron chi connectivity index (χ0n) is 11.2. The van der Waals surface area contributed by atoms with E-state index in [9.17, 15) is 9.59 Å². The number of aliphatic carboxylic acids is 1. The maximum atomic E-state index is 12.2. The van der Waals surface area contributed by atoms with Gasteiger partial charge in [-0.1, -0.05) is 23.7 Å². The molecule has 0 fully saturated rings. The summed E-state index contributed by atoms with van der Waals surface area (Å²) in [6, 6.07) is 9.74. The second-order valence-corrected chi connectivity index (χ2v) is 4.88. The van der Waals surface area contributed by atoms with Crippen molar-refractivity contribution in [3.8, 4) is 0 Å². The molecule has 0 saturated heterocycles. The minimum Gasteiger partial charge on any atom is -0.481 e. The van der Waals surface area contributed by atoms with E-state index in [1.165, 1.54) is 6.20 Å². The molecule has 2 N–H and O–H groups in total. The maximum Gasteiger partial charge on any atom is 0.310 e. The summed E-state index contributed by atoms with van der Waals surface area (Å²) in [7, 11) is 0. The number of anilines is 1. The first-order valence-electron chi connectivity index (χ1n) is 6.23. The Bertz CT molecular complexity index is 688. The van der Waals surface area contributed by atoms with Crippen LogP contribution in [0, 0.1) is 0 Å². The van der Waals surface area contributed by atoms with Crippen molar-refractivity contribution in [2.75, 3.05) is 5.32 Å². The largest absolute Gasteiger partial charge is 0.481 e. The van der Waals surface area contributed by atoms with Gasteiger partial charge < -0.3 is 10.4 Å². The normalized spacial score (nSPS) is 11.7. The number of hydrogen-bond acceptors (Lipinski definition) is 3. The number of benzene rings is 1. The summed E-state index contributed by atoms with van der Waals surface area (Å²) in [5.41, 5.74) is 0.907. The van der Waals surface area contributed by atoms with Gasteiger partial charge in [-0.2, -0.15) is 0 Å². The average Bonchev–Trinajstić information content (AvgIpc) is 2.48. The number of nitrogens with one attached hydrogen (secondary N) is 1. The number of rotatable bonds is 4. The Morgan fingerprint density at radius 2 is 2.05 bits per heavy atom. The number of aromatic nitrogens is 1. The molecule has 0 spiro atoms. The molecule has 1 amide bonds. The molecule has 6 heteroatoms. The Morgan fingerprint density at radius 3 is 2.71 bits per heavy atom. The average molecular weight is 305 g/mol. The molecule has 21 heavy (non-hydrogen) atoms. The van der Waals surface area contributed by atoms with Crippen molar-refractivity contribution in [2.24, 2.45) is 0 Å². The molecule has 0 bridgehead atoms. The van der Waals surface area contributed by atoms with E-state index < -0.39 is 17.8 Å². The highest BCUT2D eigenvalue weighted by molar-refractivity contribution is 6.33.